The summed E-state index contributed by atoms with van der Waals surface area (Å²) in [7, 11) is 0. The third-order valence-corrected chi connectivity index (χ3v) is 1.86. The molecule has 78 valence electrons. The Balaban J connectivity index is 2.55. The summed E-state index contributed by atoms with van der Waals surface area (Å²) in [5.41, 5.74) is 1.53. The molecule has 14 heavy (non-hydrogen) atoms. The molecule has 0 fully saturated rings. The smallest absolute Gasteiger partial charge is 0.178 e. The Labute approximate surface area is 84.0 Å². The molecular formula is C11H16O3. The zero-order valence-corrected chi connectivity index (χ0v) is 8.47. The Bertz CT molecular complexity index is 264. The Hall–Kier alpha value is -0.900. The Morgan fingerprint density at radius 3 is 2.14 bits per heavy atom. The summed E-state index contributed by atoms with van der Waals surface area (Å²) >= 11 is 0. The fourth-order valence-corrected chi connectivity index (χ4v) is 1.05. The van der Waals surface area contributed by atoms with Crippen molar-refractivity contribution in [2.24, 2.45) is 0 Å². The molecule has 0 atom stereocenters. The minimum atomic E-state index is -1.39. The molecule has 0 aromatic heterocycles. The van der Waals surface area contributed by atoms with Gasteiger partial charge in [-0.2, -0.15) is 0 Å². The molecule has 0 aliphatic rings. The summed E-state index contributed by atoms with van der Waals surface area (Å²) in [5.74, 6) is 0. The minimum absolute atomic E-state index is 0.207. The van der Waals surface area contributed by atoms with Gasteiger partial charge >= 0.3 is 0 Å². The monoisotopic (exact) mass is 196 g/mol. The topological polar surface area (TPSA) is 49.7 Å². The van der Waals surface area contributed by atoms with Crippen LogP contribution in [0.3, 0.4) is 0 Å². The Morgan fingerprint density at radius 2 is 1.71 bits per heavy atom. The lowest BCUT2D eigenvalue weighted by Gasteiger charge is -2.08. The fraction of sp³-hybridized carbons (Fsp3) is 0.455. The highest BCUT2D eigenvalue weighted by molar-refractivity contribution is 5.22. The van der Waals surface area contributed by atoms with Crippen LogP contribution in [0, 0.1) is 0 Å². The third-order valence-electron chi connectivity index (χ3n) is 1.86. The molecule has 3 heteroatoms. The number of hydrogen-bond acceptors (Lipinski definition) is 3. The maximum Gasteiger partial charge on any atom is 0.178 e. The van der Waals surface area contributed by atoms with E-state index in [4.69, 9.17) is 14.9 Å². The first-order valence-corrected chi connectivity index (χ1v) is 4.66. The molecule has 0 saturated carbocycles. The molecule has 1 aromatic rings. The van der Waals surface area contributed by atoms with Crippen LogP contribution >= 0.6 is 0 Å². The lowest BCUT2D eigenvalue weighted by Crippen LogP contribution is -2.02. The molecule has 0 bridgehead atoms. The predicted octanol–water partition coefficient (Wildman–Crippen LogP) is 1.59. The zero-order valence-electron chi connectivity index (χ0n) is 8.47. The van der Waals surface area contributed by atoms with Gasteiger partial charge in [0.1, 0.15) is 0 Å². The average Bonchev–Trinajstić information content (AvgIpc) is 2.15. The van der Waals surface area contributed by atoms with Crippen molar-refractivity contribution in [3.63, 3.8) is 0 Å². The number of ether oxygens (including phenoxy) is 1. The number of aliphatic hydroxyl groups is 2. The normalized spacial score (nSPS) is 11.3. The van der Waals surface area contributed by atoms with Crippen LogP contribution in [-0.4, -0.2) is 16.3 Å². The Morgan fingerprint density at radius 1 is 1.14 bits per heavy atom. The second-order valence-electron chi connectivity index (χ2n) is 3.48. The number of rotatable bonds is 4. The first kappa shape index (κ1) is 11.2. The van der Waals surface area contributed by atoms with Crippen LogP contribution < -0.4 is 0 Å². The van der Waals surface area contributed by atoms with E-state index in [-0.39, 0.29) is 6.10 Å². The van der Waals surface area contributed by atoms with Crippen molar-refractivity contribution in [1.29, 1.82) is 0 Å². The molecule has 0 radical (unpaired) electrons. The summed E-state index contributed by atoms with van der Waals surface area (Å²) < 4.78 is 5.40. The van der Waals surface area contributed by atoms with E-state index in [0.29, 0.717) is 12.2 Å². The van der Waals surface area contributed by atoms with Crippen LogP contribution in [0.1, 0.15) is 31.3 Å². The summed E-state index contributed by atoms with van der Waals surface area (Å²) in [6.45, 7) is 4.51. The molecule has 0 amide bonds. The highest BCUT2D eigenvalue weighted by Crippen LogP contribution is 2.11. The van der Waals surface area contributed by atoms with Crippen molar-refractivity contribution < 1.29 is 14.9 Å². The lowest BCUT2D eigenvalue weighted by atomic mass is 10.1. The molecular weight excluding hydrogens is 180 g/mol. The molecule has 0 aliphatic heterocycles. The summed E-state index contributed by atoms with van der Waals surface area (Å²) in [4.78, 5) is 0. The summed E-state index contributed by atoms with van der Waals surface area (Å²) in [5, 5.41) is 17.7. The van der Waals surface area contributed by atoms with Crippen molar-refractivity contribution in [3.8, 4) is 0 Å². The van der Waals surface area contributed by atoms with E-state index in [1.807, 2.05) is 26.0 Å². The van der Waals surface area contributed by atoms with E-state index in [1.54, 1.807) is 12.1 Å². The largest absolute Gasteiger partial charge is 0.374 e. The number of benzene rings is 1. The van der Waals surface area contributed by atoms with Crippen LogP contribution in [-0.2, 0) is 11.3 Å². The van der Waals surface area contributed by atoms with Gasteiger partial charge in [-0.1, -0.05) is 24.3 Å². The fourth-order valence-electron chi connectivity index (χ4n) is 1.05. The SMILES string of the molecule is CC(C)OCc1ccc(C(O)O)cc1. The van der Waals surface area contributed by atoms with Crippen molar-refractivity contribution in [3.05, 3.63) is 35.4 Å². The molecule has 0 aliphatic carbocycles. The van der Waals surface area contributed by atoms with E-state index in [0.717, 1.165) is 5.56 Å². The molecule has 0 heterocycles. The van der Waals surface area contributed by atoms with Gasteiger partial charge in [0.25, 0.3) is 0 Å². The highest BCUT2D eigenvalue weighted by Gasteiger charge is 2.02. The van der Waals surface area contributed by atoms with Crippen LogP contribution in [0.2, 0.25) is 0 Å². The first-order valence-electron chi connectivity index (χ1n) is 4.66. The molecule has 3 nitrogen and oxygen atoms in total. The molecule has 0 unspecified atom stereocenters. The quantitative estimate of drug-likeness (QED) is 0.719. The second kappa shape index (κ2) is 5.10. The van der Waals surface area contributed by atoms with Crippen molar-refractivity contribution in [1.82, 2.24) is 0 Å². The number of aliphatic hydroxyl groups excluding tert-OH is 1. The van der Waals surface area contributed by atoms with Gasteiger partial charge in [0.15, 0.2) is 6.29 Å². The lowest BCUT2D eigenvalue weighted by molar-refractivity contribution is -0.0425. The molecule has 0 spiro atoms. The van der Waals surface area contributed by atoms with Crippen LogP contribution in [0.15, 0.2) is 24.3 Å². The predicted molar refractivity (Wildman–Crippen MR) is 53.5 cm³/mol. The van der Waals surface area contributed by atoms with Crippen LogP contribution in [0.25, 0.3) is 0 Å². The van der Waals surface area contributed by atoms with Crippen LogP contribution in [0.5, 0.6) is 0 Å². The van der Waals surface area contributed by atoms with Gasteiger partial charge in [0.05, 0.1) is 12.7 Å². The molecule has 2 N–H and O–H groups in total. The van der Waals surface area contributed by atoms with Gasteiger partial charge in [0, 0.05) is 5.56 Å². The second-order valence-corrected chi connectivity index (χ2v) is 3.48. The van der Waals surface area contributed by atoms with E-state index < -0.39 is 6.29 Å². The van der Waals surface area contributed by atoms with Crippen molar-refractivity contribution in [2.75, 3.05) is 0 Å². The zero-order chi connectivity index (χ0) is 10.6. The van der Waals surface area contributed by atoms with E-state index in [1.165, 1.54) is 0 Å². The van der Waals surface area contributed by atoms with Gasteiger partial charge in [-0.05, 0) is 19.4 Å². The van der Waals surface area contributed by atoms with E-state index in [9.17, 15) is 0 Å². The maximum atomic E-state index is 8.86. The van der Waals surface area contributed by atoms with Crippen molar-refractivity contribution in [2.45, 2.75) is 32.8 Å². The standard InChI is InChI=1S/C11H16O3/c1-8(2)14-7-9-3-5-10(6-4-9)11(12)13/h3-6,8,11-13H,7H2,1-2H3. The highest BCUT2D eigenvalue weighted by atomic mass is 16.5. The summed E-state index contributed by atoms with van der Waals surface area (Å²) in [6.07, 6.45) is -1.19. The Kier molecular flexibility index (Phi) is 4.07. The van der Waals surface area contributed by atoms with Gasteiger partial charge < -0.3 is 14.9 Å². The van der Waals surface area contributed by atoms with Gasteiger partial charge in [-0.25, -0.2) is 0 Å². The van der Waals surface area contributed by atoms with E-state index in [2.05, 4.69) is 0 Å². The third kappa shape index (κ3) is 3.46. The molecule has 1 rings (SSSR count). The van der Waals surface area contributed by atoms with Gasteiger partial charge in [0.2, 0.25) is 0 Å². The first-order chi connectivity index (χ1) is 6.59. The van der Waals surface area contributed by atoms with E-state index >= 15 is 0 Å². The molecule has 1 aromatic carbocycles. The van der Waals surface area contributed by atoms with Gasteiger partial charge in [-0.15, -0.1) is 0 Å². The average molecular weight is 196 g/mol. The van der Waals surface area contributed by atoms with Gasteiger partial charge in [-0.3, -0.25) is 0 Å². The summed E-state index contributed by atoms with van der Waals surface area (Å²) in [6, 6.07) is 7.03. The number of hydrogen-bond donors (Lipinski definition) is 2. The minimum Gasteiger partial charge on any atom is -0.374 e. The molecule has 0 saturated heterocycles. The van der Waals surface area contributed by atoms with Crippen molar-refractivity contribution >= 4 is 0 Å². The van der Waals surface area contributed by atoms with Crippen LogP contribution in [0.4, 0.5) is 0 Å². The maximum absolute atomic E-state index is 8.86.